The Morgan fingerprint density at radius 1 is 1.15 bits per heavy atom. The molecule has 0 bridgehead atoms. The topological polar surface area (TPSA) is 72.7 Å². The molecule has 1 aromatic carbocycles. The van der Waals surface area contributed by atoms with Gasteiger partial charge < -0.3 is 0 Å². The van der Waals surface area contributed by atoms with Crippen LogP contribution >= 0.6 is 22.7 Å². The number of nitrogens with one attached hydrogen (secondary N) is 1. The summed E-state index contributed by atoms with van der Waals surface area (Å²) in [4.78, 5) is 13.6. The smallest absolute Gasteiger partial charge is 0.275 e. The highest BCUT2D eigenvalue weighted by atomic mass is 32.1. The summed E-state index contributed by atoms with van der Waals surface area (Å²) in [5, 5.41) is 18.8. The number of hydrogen-bond donors (Lipinski definition) is 1. The number of nitrogens with zero attached hydrogens (tertiary/aromatic N) is 4. The number of aryl methyl sites for hydroxylation is 1. The predicted molar refractivity (Wildman–Crippen MR) is 104 cm³/mol. The van der Waals surface area contributed by atoms with Gasteiger partial charge in [0.15, 0.2) is 0 Å². The molecule has 1 amide bonds. The van der Waals surface area contributed by atoms with E-state index in [-0.39, 0.29) is 5.91 Å². The zero-order valence-corrected chi connectivity index (χ0v) is 15.5. The first-order valence-corrected chi connectivity index (χ1v) is 9.64. The molecule has 0 aliphatic rings. The Bertz CT molecular complexity index is 1020. The SMILES string of the molecule is Cn1nc(-c2cccs2)cc1C(=O)Nc1nnc(Cc2ccccc2)s1. The third-order valence-electron chi connectivity index (χ3n) is 3.77. The fraction of sp³-hybridized carbons (Fsp3) is 0.111. The molecule has 6 nitrogen and oxygen atoms in total. The lowest BCUT2D eigenvalue weighted by Crippen LogP contribution is -2.15. The summed E-state index contributed by atoms with van der Waals surface area (Å²) in [5.41, 5.74) is 2.43. The van der Waals surface area contributed by atoms with Crippen LogP contribution in [0.25, 0.3) is 10.6 Å². The summed E-state index contributed by atoms with van der Waals surface area (Å²) >= 11 is 2.97. The number of thiophene rings is 1. The number of amides is 1. The summed E-state index contributed by atoms with van der Waals surface area (Å²) in [6.45, 7) is 0. The van der Waals surface area contributed by atoms with E-state index in [4.69, 9.17) is 0 Å². The van der Waals surface area contributed by atoms with E-state index in [2.05, 4.69) is 20.6 Å². The van der Waals surface area contributed by atoms with E-state index in [1.54, 1.807) is 29.1 Å². The highest BCUT2D eigenvalue weighted by Crippen LogP contribution is 2.25. The quantitative estimate of drug-likeness (QED) is 0.570. The van der Waals surface area contributed by atoms with E-state index in [9.17, 15) is 4.79 Å². The van der Waals surface area contributed by atoms with Crippen LogP contribution in [0, 0.1) is 0 Å². The fourth-order valence-corrected chi connectivity index (χ4v) is 3.98. The molecule has 0 saturated heterocycles. The Kier molecular flexibility index (Phi) is 4.59. The molecule has 0 saturated carbocycles. The van der Waals surface area contributed by atoms with E-state index in [1.807, 2.05) is 47.8 Å². The van der Waals surface area contributed by atoms with E-state index < -0.39 is 0 Å². The Balaban J connectivity index is 1.47. The minimum atomic E-state index is -0.245. The molecule has 0 unspecified atom stereocenters. The average Bonchev–Trinajstić information content (AvgIpc) is 3.37. The fourth-order valence-electron chi connectivity index (χ4n) is 2.53. The Morgan fingerprint density at radius 2 is 2.00 bits per heavy atom. The monoisotopic (exact) mass is 381 g/mol. The third-order valence-corrected chi connectivity index (χ3v) is 5.50. The minimum Gasteiger partial charge on any atom is -0.295 e. The predicted octanol–water partition coefficient (Wildman–Crippen LogP) is 3.84. The lowest BCUT2D eigenvalue weighted by atomic mass is 10.2. The molecule has 26 heavy (non-hydrogen) atoms. The second-order valence-electron chi connectivity index (χ2n) is 5.63. The molecule has 4 rings (SSSR count). The van der Waals surface area contributed by atoms with Crippen molar-refractivity contribution in [3.05, 3.63) is 70.2 Å². The molecule has 0 radical (unpaired) electrons. The van der Waals surface area contributed by atoms with Crippen molar-refractivity contribution < 1.29 is 4.79 Å². The molecule has 0 aliphatic carbocycles. The van der Waals surface area contributed by atoms with Gasteiger partial charge in [-0.05, 0) is 23.1 Å². The maximum atomic E-state index is 12.6. The van der Waals surface area contributed by atoms with Crippen LogP contribution in [0.4, 0.5) is 5.13 Å². The number of hydrogen-bond acceptors (Lipinski definition) is 6. The van der Waals surface area contributed by atoms with Crippen LogP contribution in [-0.2, 0) is 13.5 Å². The maximum Gasteiger partial charge on any atom is 0.275 e. The number of carbonyl (C=O) groups is 1. The molecule has 0 spiro atoms. The van der Waals surface area contributed by atoms with E-state index >= 15 is 0 Å². The van der Waals surface area contributed by atoms with Crippen LogP contribution in [0.15, 0.2) is 53.9 Å². The summed E-state index contributed by atoms with van der Waals surface area (Å²) in [7, 11) is 1.76. The molecule has 3 aromatic heterocycles. The molecule has 1 N–H and O–H groups in total. The van der Waals surface area contributed by atoms with Gasteiger partial charge in [0, 0.05) is 13.5 Å². The minimum absolute atomic E-state index is 0.245. The van der Waals surface area contributed by atoms with Crippen molar-refractivity contribution in [2.75, 3.05) is 5.32 Å². The highest BCUT2D eigenvalue weighted by Gasteiger charge is 2.16. The van der Waals surface area contributed by atoms with Gasteiger partial charge in [-0.1, -0.05) is 47.7 Å². The molecule has 3 heterocycles. The molecular formula is C18H15N5OS2. The molecule has 4 aromatic rings. The van der Waals surface area contributed by atoms with Crippen LogP contribution in [-0.4, -0.2) is 25.9 Å². The van der Waals surface area contributed by atoms with Crippen LogP contribution in [0.5, 0.6) is 0 Å². The first-order valence-electron chi connectivity index (χ1n) is 7.94. The molecule has 0 fully saturated rings. The normalized spacial score (nSPS) is 10.8. The van der Waals surface area contributed by atoms with Crippen LogP contribution in [0.3, 0.4) is 0 Å². The van der Waals surface area contributed by atoms with Gasteiger partial charge in [-0.15, -0.1) is 21.5 Å². The van der Waals surface area contributed by atoms with Crippen LogP contribution in [0.1, 0.15) is 21.1 Å². The van der Waals surface area contributed by atoms with E-state index in [0.717, 1.165) is 21.1 Å². The standard InChI is InChI=1S/C18H15N5OS2/c1-23-14(11-13(22-23)15-8-5-9-25-15)17(24)19-18-21-20-16(26-18)10-12-6-3-2-4-7-12/h2-9,11H,10H2,1H3,(H,19,21,24). The van der Waals surface area contributed by atoms with Gasteiger partial charge in [-0.2, -0.15) is 5.10 Å². The summed E-state index contributed by atoms with van der Waals surface area (Å²) in [5.74, 6) is -0.245. The number of anilines is 1. The third kappa shape index (κ3) is 3.56. The maximum absolute atomic E-state index is 12.6. The zero-order chi connectivity index (χ0) is 17.9. The average molecular weight is 381 g/mol. The largest absolute Gasteiger partial charge is 0.295 e. The van der Waals surface area contributed by atoms with Crippen molar-refractivity contribution in [1.29, 1.82) is 0 Å². The van der Waals surface area contributed by atoms with Gasteiger partial charge in [-0.3, -0.25) is 14.8 Å². The lowest BCUT2D eigenvalue weighted by Gasteiger charge is -2.00. The van der Waals surface area contributed by atoms with Gasteiger partial charge >= 0.3 is 0 Å². The van der Waals surface area contributed by atoms with Crippen molar-refractivity contribution in [3.63, 3.8) is 0 Å². The lowest BCUT2D eigenvalue weighted by molar-refractivity contribution is 0.101. The van der Waals surface area contributed by atoms with E-state index in [0.29, 0.717) is 17.2 Å². The number of rotatable bonds is 5. The Labute approximate surface area is 158 Å². The zero-order valence-electron chi connectivity index (χ0n) is 13.9. The van der Waals surface area contributed by atoms with Crippen molar-refractivity contribution >= 4 is 33.7 Å². The first kappa shape index (κ1) is 16.6. The Hall–Kier alpha value is -2.84. The van der Waals surface area contributed by atoms with Crippen LogP contribution in [0.2, 0.25) is 0 Å². The van der Waals surface area contributed by atoms with Crippen molar-refractivity contribution in [2.45, 2.75) is 6.42 Å². The van der Waals surface area contributed by atoms with Gasteiger partial charge in [0.05, 0.1) is 4.88 Å². The Morgan fingerprint density at radius 3 is 2.77 bits per heavy atom. The second kappa shape index (κ2) is 7.19. The van der Waals surface area contributed by atoms with Gasteiger partial charge in [0.25, 0.3) is 5.91 Å². The van der Waals surface area contributed by atoms with Gasteiger partial charge in [0.1, 0.15) is 16.4 Å². The second-order valence-corrected chi connectivity index (χ2v) is 7.64. The summed E-state index contributed by atoms with van der Waals surface area (Å²) < 4.78 is 1.58. The molecule has 0 atom stereocenters. The van der Waals surface area contributed by atoms with Gasteiger partial charge in [-0.25, -0.2) is 0 Å². The number of benzene rings is 1. The number of aromatic nitrogens is 4. The molecule has 130 valence electrons. The van der Waals surface area contributed by atoms with Crippen molar-refractivity contribution in [2.24, 2.45) is 7.05 Å². The summed E-state index contributed by atoms with van der Waals surface area (Å²) in [6, 6.07) is 15.8. The highest BCUT2D eigenvalue weighted by molar-refractivity contribution is 7.15. The first-order chi connectivity index (χ1) is 12.7. The summed E-state index contributed by atoms with van der Waals surface area (Å²) in [6.07, 6.45) is 0.697. The van der Waals surface area contributed by atoms with E-state index in [1.165, 1.54) is 11.3 Å². The number of carbonyl (C=O) groups excluding carboxylic acids is 1. The molecule has 0 aliphatic heterocycles. The van der Waals surface area contributed by atoms with Crippen molar-refractivity contribution in [1.82, 2.24) is 20.0 Å². The molecular weight excluding hydrogens is 366 g/mol. The van der Waals surface area contributed by atoms with Crippen molar-refractivity contribution in [3.8, 4) is 10.6 Å². The van der Waals surface area contributed by atoms with Crippen LogP contribution < -0.4 is 5.32 Å². The van der Waals surface area contributed by atoms with Gasteiger partial charge in [0.2, 0.25) is 5.13 Å². The molecule has 8 heteroatoms.